The van der Waals surface area contributed by atoms with Gasteiger partial charge in [0.15, 0.2) is 5.76 Å². The summed E-state index contributed by atoms with van der Waals surface area (Å²) in [5.74, 6) is 0.129. The van der Waals surface area contributed by atoms with Gasteiger partial charge < -0.3 is 19.1 Å². The number of hydrogen-bond acceptors (Lipinski definition) is 6. The molecule has 1 aliphatic rings. The first kappa shape index (κ1) is 22.4. The first-order chi connectivity index (χ1) is 16.5. The van der Waals surface area contributed by atoms with Crippen LogP contribution >= 0.6 is 23.2 Å². The number of rotatable bonds is 5. The van der Waals surface area contributed by atoms with Crippen LogP contribution in [0.25, 0.3) is 22.4 Å². The minimum absolute atomic E-state index is 0.0949. The molecule has 0 atom stereocenters. The van der Waals surface area contributed by atoms with Crippen LogP contribution in [-0.2, 0) is 0 Å². The summed E-state index contributed by atoms with van der Waals surface area (Å²) < 4.78 is 11.2. The van der Waals surface area contributed by atoms with E-state index in [0.717, 1.165) is 18.2 Å². The Kier molecular flexibility index (Phi) is 6.26. The number of amides is 2. The SMILES string of the molecule is O=C(NCC1CCN(C(=O)c2cc3cc(Cl)ccc3o2)CC1)c1nnc(-c2ccc(Cl)cc2)o1. The first-order valence-electron chi connectivity index (χ1n) is 10.8. The lowest BCUT2D eigenvalue weighted by molar-refractivity contribution is 0.0654. The summed E-state index contributed by atoms with van der Waals surface area (Å²) >= 11 is 11.9. The van der Waals surface area contributed by atoms with Crippen LogP contribution in [0.2, 0.25) is 10.0 Å². The molecule has 2 aromatic carbocycles. The Hall–Kier alpha value is -3.36. The van der Waals surface area contributed by atoms with Crippen LogP contribution < -0.4 is 5.32 Å². The number of aromatic nitrogens is 2. The minimum Gasteiger partial charge on any atom is -0.451 e. The molecule has 0 unspecified atom stereocenters. The molecule has 1 fully saturated rings. The third-order valence-corrected chi connectivity index (χ3v) is 6.34. The predicted octanol–water partition coefficient (Wildman–Crippen LogP) is 5.07. The number of nitrogens with one attached hydrogen (secondary N) is 1. The smallest absolute Gasteiger partial charge is 0.308 e. The van der Waals surface area contributed by atoms with Crippen molar-refractivity contribution in [1.82, 2.24) is 20.4 Å². The second kappa shape index (κ2) is 9.48. The summed E-state index contributed by atoms with van der Waals surface area (Å²) in [5.41, 5.74) is 1.31. The van der Waals surface area contributed by atoms with Crippen molar-refractivity contribution in [3.8, 4) is 11.5 Å². The van der Waals surface area contributed by atoms with Gasteiger partial charge in [0.05, 0.1) is 0 Å². The number of hydrogen-bond donors (Lipinski definition) is 1. The van der Waals surface area contributed by atoms with Gasteiger partial charge in [0, 0.05) is 40.6 Å². The van der Waals surface area contributed by atoms with Crippen molar-refractivity contribution in [3.05, 3.63) is 70.2 Å². The normalized spacial score (nSPS) is 14.5. The van der Waals surface area contributed by atoms with Crippen LogP contribution in [0.5, 0.6) is 0 Å². The Morgan fingerprint density at radius 2 is 1.71 bits per heavy atom. The highest BCUT2D eigenvalue weighted by molar-refractivity contribution is 6.31. The molecule has 1 N–H and O–H groups in total. The number of furan rings is 1. The maximum atomic E-state index is 12.8. The lowest BCUT2D eigenvalue weighted by Gasteiger charge is -2.31. The molecular formula is C24H20Cl2N4O4. The minimum atomic E-state index is -0.424. The largest absolute Gasteiger partial charge is 0.451 e. The quantitative estimate of drug-likeness (QED) is 0.412. The number of piperidine rings is 1. The second-order valence-electron chi connectivity index (χ2n) is 8.16. The molecule has 0 aliphatic carbocycles. The molecule has 4 aromatic rings. The molecule has 10 heteroatoms. The fourth-order valence-corrected chi connectivity index (χ4v) is 4.26. The molecule has 2 aromatic heterocycles. The van der Waals surface area contributed by atoms with Crippen molar-refractivity contribution in [3.63, 3.8) is 0 Å². The molecule has 0 bridgehead atoms. The summed E-state index contributed by atoms with van der Waals surface area (Å²) in [5, 5.41) is 12.6. The van der Waals surface area contributed by atoms with E-state index in [1.54, 1.807) is 53.4 Å². The molecular weight excluding hydrogens is 479 g/mol. The fraction of sp³-hybridized carbons (Fsp3) is 0.250. The third-order valence-electron chi connectivity index (χ3n) is 5.85. The van der Waals surface area contributed by atoms with Crippen LogP contribution in [0.3, 0.4) is 0 Å². The van der Waals surface area contributed by atoms with E-state index in [4.69, 9.17) is 32.0 Å². The van der Waals surface area contributed by atoms with Crippen LogP contribution in [-0.4, -0.2) is 46.5 Å². The highest BCUT2D eigenvalue weighted by Gasteiger charge is 2.26. The molecule has 0 radical (unpaired) electrons. The number of halogens is 2. The summed E-state index contributed by atoms with van der Waals surface area (Å²) in [6.07, 6.45) is 1.52. The van der Waals surface area contributed by atoms with Gasteiger partial charge in [0.25, 0.3) is 5.91 Å². The van der Waals surface area contributed by atoms with Crippen molar-refractivity contribution in [2.45, 2.75) is 12.8 Å². The Bertz CT molecular complexity index is 1340. The fourth-order valence-electron chi connectivity index (χ4n) is 3.95. The Labute approximate surface area is 204 Å². The maximum absolute atomic E-state index is 12.8. The highest BCUT2D eigenvalue weighted by Crippen LogP contribution is 2.26. The molecule has 174 valence electrons. The summed E-state index contributed by atoms with van der Waals surface area (Å²) in [4.78, 5) is 27.1. The predicted molar refractivity (Wildman–Crippen MR) is 127 cm³/mol. The standard InChI is InChI=1S/C24H20Cl2N4O4/c25-17-3-1-15(2-4-17)22-28-29-23(34-22)21(31)27-13-14-7-9-30(10-8-14)24(32)20-12-16-11-18(26)5-6-19(16)33-20/h1-6,11-12,14H,7-10,13H2,(H,27,31). The van der Waals surface area contributed by atoms with E-state index >= 15 is 0 Å². The summed E-state index contributed by atoms with van der Waals surface area (Å²) in [7, 11) is 0. The van der Waals surface area contributed by atoms with E-state index in [2.05, 4.69) is 15.5 Å². The third kappa shape index (κ3) is 4.78. The zero-order valence-electron chi connectivity index (χ0n) is 18.0. The molecule has 0 saturated carbocycles. The van der Waals surface area contributed by atoms with E-state index in [-0.39, 0.29) is 23.6 Å². The van der Waals surface area contributed by atoms with E-state index < -0.39 is 5.91 Å². The molecule has 1 saturated heterocycles. The molecule has 2 amide bonds. The number of fused-ring (bicyclic) bond motifs is 1. The zero-order chi connectivity index (χ0) is 23.7. The van der Waals surface area contributed by atoms with E-state index in [1.165, 1.54) is 0 Å². The molecule has 0 spiro atoms. The van der Waals surface area contributed by atoms with E-state index in [1.807, 2.05) is 0 Å². The molecule has 3 heterocycles. The Morgan fingerprint density at radius 3 is 2.47 bits per heavy atom. The second-order valence-corrected chi connectivity index (χ2v) is 9.03. The molecule has 5 rings (SSSR count). The van der Waals surface area contributed by atoms with E-state index in [0.29, 0.717) is 46.6 Å². The molecule has 8 nitrogen and oxygen atoms in total. The molecule has 34 heavy (non-hydrogen) atoms. The molecule has 1 aliphatic heterocycles. The maximum Gasteiger partial charge on any atom is 0.308 e. The average Bonchev–Trinajstić information content (AvgIpc) is 3.50. The average molecular weight is 499 g/mol. The van der Waals surface area contributed by atoms with Crippen molar-refractivity contribution in [2.75, 3.05) is 19.6 Å². The van der Waals surface area contributed by atoms with Gasteiger partial charge in [-0.15, -0.1) is 10.2 Å². The van der Waals surface area contributed by atoms with Gasteiger partial charge in [-0.25, -0.2) is 0 Å². The van der Waals surface area contributed by atoms with Gasteiger partial charge in [0.1, 0.15) is 5.58 Å². The number of benzene rings is 2. The van der Waals surface area contributed by atoms with E-state index in [9.17, 15) is 9.59 Å². The first-order valence-corrected chi connectivity index (χ1v) is 11.6. The van der Waals surface area contributed by atoms with Gasteiger partial charge in [-0.2, -0.15) is 0 Å². The van der Waals surface area contributed by atoms with Crippen molar-refractivity contribution < 1.29 is 18.4 Å². The zero-order valence-corrected chi connectivity index (χ0v) is 19.5. The van der Waals surface area contributed by atoms with Crippen LogP contribution in [0.15, 0.2) is 57.4 Å². The topological polar surface area (TPSA) is 101 Å². The van der Waals surface area contributed by atoms with Crippen LogP contribution in [0.4, 0.5) is 0 Å². The summed E-state index contributed by atoms with van der Waals surface area (Å²) in [6.45, 7) is 1.62. The number of carbonyl (C=O) groups excluding carboxylic acids is 2. The summed E-state index contributed by atoms with van der Waals surface area (Å²) in [6, 6.07) is 13.9. The monoisotopic (exact) mass is 498 g/mol. The van der Waals surface area contributed by atoms with Crippen molar-refractivity contribution in [1.29, 1.82) is 0 Å². The number of carbonyl (C=O) groups is 2. The number of likely N-dealkylation sites (tertiary alicyclic amines) is 1. The lowest BCUT2D eigenvalue weighted by Crippen LogP contribution is -2.41. The van der Waals surface area contributed by atoms with Crippen molar-refractivity contribution >= 4 is 46.0 Å². The van der Waals surface area contributed by atoms with Gasteiger partial charge in [0.2, 0.25) is 5.89 Å². The Balaban J connectivity index is 1.12. The Morgan fingerprint density at radius 1 is 0.971 bits per heavy atom. The van der Waals surface area contributed by atoms with Gasteiger partial charge >= 0.3 is 11.8 Å². The lowest BCUT2D eigenvalue weighted by atomic mass is 9.96. The number of nitrogens with zero attached hydrogens (tertiary/aromatic N) is 3. The van der Waals surface area contributed by atoms with Crippen LogP contribution in [0.1, 0.15) is 34.1 Å². The van der Waals surface area contributed by atoms with Gasteiger partial charge in [-0.05, 0) is 67.3 Å². The highest BCUT2D eigenvalue weighted by atomic mass is 35.5. The van der Waals surface area contributed by atoms with Gasteiger partial charge in [-0.1, -0.05) is 23.2 Å². The van der Waals surface area contributed by atoms with Gasteiger partial charge in [-0.3, -0.25) is 9.59 Å². The van der Waals surface area contributed by atoms with Crippen LogP contribution in [0, 0.1) is 5.92 Å². The van der Waals surface area contributed by atoms with Crippen molar-refractivity contribution in [2.24, 2.45) is 5.92 Å².